The van der Waals surface area contributed by atoms with Crippen molar-refractivity contribution in [2.45, 2.75) is 6.54 Å². The molecule has 168 valence electrons. The first-order valence-corrected chi connectivity index (χ1v) is 11.1. The topological polar surface area (TPSA) is 86.0 Å². The van der Waals surface area contributed by atoms with Gasteiger partial charge in [0.25, 0.3) is 11.1 Å². The highest BCUT2D eigenvalue weighted by atomic mass is 35.5. The van der Waals surface area contributed by atoms with Crippen LogP contribution in [-0.4, -0.2) is 29.1 Å². The van der Waals surface area contributed by atoms with E-state index in [1.807, 2.05) is 0 Å². The van der Waals surface area contributed by atoms with E-state index in [2.05, 4.69) is 0 Å². The monoisotopic (exact) mass is 503 g/mol. The second-order valence-corrected chi connectivity index (χ2v) is 8.60. The van der Waals surface area contributed by atoms with Crippen molar-refractivity contribution in [3.63, 3.8) is 0 Å². The zero-order valence-corrected chi connectivity index (χ0v) is 19.4. The number of hydrogen-bond donors (Lipinski definition) is 0. The van der Waals surface area contributed by atoms with Crippen LogP contribution in [0.5, 0.6) is 11.5 Å². The lowest BCUT2D eigenvalue weighted by atomic mass is 10.1. The van der Waals surface area contributed by atoms with E-state index in [0.29, 0.717) is 21.2 Å². The van der Waals surface area contributed by atoms with Crippen molar-refractivity contribution in [3.05, 3.63) is 86.6 Å². The molecule has 0 saturated carbocycles. The van der Waals surface area contributed by atoms with E-state index in [9.17, 15) is 14.4 Å². The molecule has 1 aliphatic rings. The van der Waals surface area contributed by atoms with E-state index in [1.54, 1.807) is 42.5 Å². The standard InChI is InChI=1S/C23H15Cl2NO6S/c1-30-19-10-13(5-7-17(19)32-22(28)18-3-2-8-31-18)11-20-21(27)26(23(29)33-20)12-14-4-6-15(24)16(25)9-14/h2-11H,12H2,1H3/b20-11-. The van der Waals surface area contributed by atoms with Crippen molar-refractivity contribution < 1.29 is 28.3 Å². The number of nitrogens with zero attached hydrogens (tertiary/aromatic N) is 1. The van der Waals surface area contributed by atoms with Crippen LogP contribution in [0.2, 0.25) is 10.0 Å². The zero-order valence-electron chi connectivity index (χ0n) is 17.0. The molecule has 0 unspecified atom stereocenters. The Hall–Kier alpha value is -3.20. The molecule has 0 aliphatic carbocycles. The van der Waals surface area contributed by atoms with Gasteiger partial charge in [0.1, 0.15) is 0 Å². The van der Waals surface area contributed by atoms with Crippen molar-refractivity contribution in [1.82, 2.24) is 4.90 Å². The summed E-state index contributed by atoms with van der Waals surface area (Å²) in [6.45, 7) is 0.0733. The van der Waals surface area contributed by atoms with Gasteiger partial charge in [0, 0.05) is 0 Å². The third-order valence-electron chi connectivity index (χ3n) is 4.61. The van der Waals surface area contributed by atoms with Crippen LogP contribution in [-0.2, 0) is 11.3 Å². The third-order valence-corrected chi connectivity index (χ3v) is 6.26. The predicted molar refractivity (Wildman–Crippen MR) is 125 cm³/mol. The third kappa shape index (κ3) is 5.08. The summed E-state index contributed by atoms with van der Waals surface area (Å²) < 4.78 is 15.6. The number of imide groups is 1. The highest BCUT2D eigenvalue weighted by Crippen LogP contribution is 2.36. The molecule has 2 aromatic carbocycles. The minimum Gasteiger partial charge on any atom is -0.493 e. The zero-order chi connectivity index (χ0) is 23.5. The molecular formula is C23H15Cl2NO6S. The maximum atomic E-state index is 12.8. The van der Waals surface area contributed by atoms with Gasteiger partial charge >= 0.3 is 5.97 Å². The smallest absolute Gasteiger partial charge is 0.379 e. The van der Waals surface area contributed by atoms with E-state index >= 15 is 0 Å². The number of rotatable bonds is 6. The summed E-state index contributed by atoms with van der Waals surface area (Å²) in [7, 11) is 1.43. The van der Waals surface area contributed by atoms with Gasteiger partial charge in [-0.1, -0.05) is 35.3 Å². The van der Waals surface area contributed by atoms with E-state index < -0.39 is 17.1 Å². The first-order valence-electron chi connectivity index (χ1n) is 9.48. The predicted octanol–water partition coefficient (Wildman–Crippen LogP) is 6.05. The van der Waals surface area contributed by atoms with E-state index in [4.69, 9.17) is 37.1 Å². The summed E-state index contributed by atoms with van der Waals surface area (Å²) >= 11 is 12.8. The molecule has 1 saturated heterocycles. The van der Waals surface area contributed by atoms with Crippen LogP contribution in [0, 0.1) is 0 Å². The molecule has 10 heteroatoms. The van der Waals surface area contributed by atoms with Crippen molar-refractivity contribution in [3.8, 4) is 11.5 Å². The molecular weight excluding hydrogens is 489 g/mol. The summed E-state index contributed by atoms with van der Waals surface area (Å²) in [6.07, 6.45) is 2.94. The maximum absolute atomic E-state index is 12.8. The normalized spacial score (nSPS) is 14.8. The lowest BCUT2D eigenvalue weighted by Gasteiger charge is -2.13. The largest absolute Gasteiger partial charge is 0.493 e. The van der Waals surface area contributed by atoms with Crippen LogP contribution in [0.1, 0.15) is 21.7 Å². The molecule has 4 rings (SSSR count). The van der Waals surface area contributed by atoms with Crippen LogP contribution in [0.15, 0.2) is 64.1 Å². The lowest BCUT2D eigenvalue weighted by molar-refractivity contribution is -0.123. The molecule has 0 radical (unpaired) electrons. The Morgan fingerprint density at radius 3 is 2.61 bits per heavy atom. The van der Waals surface area contributed by atoms with Crippen molar-refractivity contribution in [2.24, 2.45) is 0 Å². The Balaban J connectivity index is 1.52. The average Bonchev–Trinajstić information content (AvgIpc) is 3.42. The highest BCUT2D eigenvalue weighted by molar-refractivity contribution is 8.18. The van der Waals surface area contributed by atoms with E-state index in [0.717, 1.165) is 16.7 Å². The van der Waals surface area contributed by atoms with Crippen molar-refractivity contribution in [2.75, 3.05) is 7.11 Å². The molecule has 0 spiro atoms. The van der Waals surface area contributed by atoms with Crippen LogP contribution in [0.3, 0.4) is 0 Å². The van der Waals surface area contributed by atoms with Gasteiger partial charge in [-0.2, -0.15) is 0 Å². The fraction of sp³-hybridized carbons (Fsp3) is 0.0870. The van der Waals surface area contributed by atoms with E-state index in [1.165, 1.54) is 25.5 Å². The van der Waals surface area contributed by atoms with Gasteiger partial charge in [-0.15, -0.1) is 0 Å². The average molecular weight is 504 g/mol. The number of furan rings is 1. The minimum absolute atomic E-state index is 0.0526. The fourth-order valence-corrected chi connectivity index (χ4v) is 4.17. The molecule has 3 aromatic rings. The SMILES string of the molecule is COc1cc(/C=C2\SC(=O)N(Cc3ccc(Cl)c(Cl)c3)C2=O)ccc1OC(=O)c1ccco1. The van der Waals surface area contributed by atoms with Crippen LogP contribution in [0.4, 0.5) is 4.79 Å². The number of ether oxygens (including phenoxy) is 2. The number of methoxy groups -OCH3 is 1. The second kappa shape index (κ2) is 9.74. The summed E-state index contributed by atoms with van der Waals surface area (Å²) in [5, 5.41) is 0.339. The van der Waals surface area contributed by atoms with Crippen LogP contribution >= 0.6 is 35.0 Å². The van der Waals surface area contributed by atoms with Gasteiger partial charge in [-0.25, -0.2) is 4.79 Å². The molecule has 1 fully saturated rings. The highest BCUT2D eigenvalue weighted by Gasteiger charge is 2.35. The Morgan fingerprint density at radius 1 is 1.09 bits per heavy atom. The molecule has 1 aromatic heterocycles. The Bertz CT molecular complexity index is 1270. The number of hydrogen-bond acceptors (Lipinski definition) is 7. The Kier molecular flexibility index (Phi) is 6.78. The van der Waals surface area contributed by atoms with Gasteiger partial charge in [-0.05, 0) is 65.4 Å². The Labute approximate surface area is 202 Å². The number of esters is 1. The molecule has 0 N–H and O–H groups in total. The fourth-order valence-electron chi connectivity index (χ4n) is 3.01. The maximum Gasteiger partial charge on any atom is 0.379 e. The summed E-state index contributed by atoms with van der Waals surface area (Å²) in [5.41, 5.74) is 1.27. The number of amides is 2. The lowest BCUT2D eigenvalue weighted by Crippen LogP contribution is -2.27. The van der Waals surface area contributed by atoms with Gasteiger partial charge < -0.3 is 13.9 Å². The number of thioether (sulfide) groups is 1. The molecule has 33 heavy (non-hydrogen) atoms. The van der Waals surface area contributed by atoms with Gasteiger partial charge in [0.15, 0.2) is 11.5 Å². The number of carbonyl (C=O) groups is 3. The molecule has 7 nitrogen and oxygen atoms in total. The number of benzene rings is 2. The molecule has 1 aliphatic heterocycles. The van der Waals surface area contributed by atoms with Crippen molar-refractivity contribution >= 4 is 58.2 Å². The van der Waals surface area contributed by atoms with Crippen LogP contribution in [0.25, 0.3) is 6.08 Å². The molecule has 2 amide bonds. The second-order valence-electron chi connectivity index (χ2n) is 6.79. The number of carbonyl (C=O) groups excluding carboxylic acids is 3. The first kappa shape index (κ1) is 23.0. The molecule has 0 bridgehead atoms. The minimum atomic E-state index is -0.672. The van der Waals surface area contributed by atoms with Crippen LogP contribution < -0.4 is 9.47 Å². The number of halogens is 2. The summed E-state index contributed by atoms with van der Waals surface area (Å²) in [5.74, 6) is -0.586. The van der Waals surface area contributed by atoms with Gasteiger partial charge in [-0.3, -0.25) is 14.5 Å². The van der Waals surface area contributed by atoms with E-state index in [-0.39, 0.29) is 28.7 Å². The quantitative estimate of drug-likeness (QED) is 0.230. The molecule has 2 heterocycles. The first-order chi connectivity index (χ1) is 15.9. The Morgan fingerprint density at radius 2 is 1.91 bits per heavy atom. The molecule has 0 atom stereocenters. The van der Waals surface area contributed by atoms with Gasteiger partial charge in [0.05, 0.1) is 34.9 Å². The summed E-state index contributed by atoms with van der Waals surface area (Å²) in [4.78, 5) is 38.8. The van der Waals surface area contributed by atoms with Crippen molar-refractivity contribution in [1.29, 1.82) is 0 Å². The van der Waals surface area contributed by atoms with Gasteiger partial charge in [0.2, 0.25) is 5.76 Å². The summed E-state index contributed by atoms with van der Waals surface area (Å²) in [6, 6.07) is 12.8.